The molecule has 6 heteroatoms. The molecular weight excluding hydrogens is 743 g/mol. The minimum atomic E-state index is -0.795. The number of unbranched alkanes of at least 4 members (excludes halogenated alkanes) is 27. The normalized spacial score (nSPS) is 13.8. The number of esters is 1. The number of aliphatic hydroxyl groups excluding tert-OH is 2. The molecule has 3 N–H and O–H groups in total. The number of hydrogen-bond acceptors (Lipinski definition) is 5. The molecule has 0 aromatic rings. The summed E-state index contributed by atoms with van der Waals surface area (Å²) in [5, 5.41) is 23.8. The zero-order valence-electron chi connectivity index (χ0n) is 39.6. The van der Waals surface area contributed by atoms with Gasteiger partial charge in [-0.25, -0.2) is 0 Å². The maximum Gasteiger partial charge on any atom is 0.306 e. The average Bonchev–Trinajstić information content (AvgIpc) is 3.24. The standard InChI is InChI=1S/C54H97NO5/c1-4-7-10-13-16-19-22-24-26-28-29-31-34-37-40-43-46-52(57)51(49-56)55-53(58)48-50(45-42-39-36-33-21-18-15-12-9-6-3)60-54(59)47-44-41-38-35-32-30-27-25-23-20-17-14-11-8-5-2/h8,11,14,17,20,23,25,27,30,32,50-52,56-57H,4-7,9-10,12-13,15-16,18-19,21-22,24,26,28-29,31,33-49H2,1-3H3,(H,55,58)/b11-8+,17-14+,23-20-,27-25-,32-30+. The van der Waals surface area contributed by atoms with Gasteiger partial charge >= 0.3 is 5.97 Å². The Morgan fingerprint density at radius 2 is 0.900 bits per heavy atom. The molecule has 0 saturated carbocycles. The Morgan fingerprint density at radius 1 is 0.500 bits per heavy atom. The van der Waals surface area contributed by atoms with Crippen LogP contribution in [0.2, 0.25) is 0 Å². The molecule has 3 atom stereocenters. The lowest BCUT2D eigenvalue weighted by Crippen LogP contribution is -2.46. The summed E-state index contributed by atoms with van der Waals surface area (Å²) in [7, 11) is 0. The second-order valence-corrected chi connectivity index (χ2v) is 17.3. The van der Waals surface area contributed by atoms with Crippen molar-refractivity contribution in [3.63, 3.8) is 0 Å². The van der Waals surface area contributed by atoms with Crippen LogP contribution in [0.4, 0.5) is 0 Å². The molecule has 1 amide bonds. The van der Waals surface area contributed by atoms with Gasteiger partial charge in [0.1, 0.15) is 6.10 Å². The lowest BCUT2D eigenvalue weighted by atomic mass is 10.0. The lowest BCUT2D eigenvalue weighted by Gasteiger charge is -2.24. The number of rotatable bonds is 45. The van der Waals surface area contributed by atoms with Crippen LogP contribution >= 0.6 is 0 Å². The summed E-state index contributed by atoms with van der Waals surface area (Å²) in [5.74, 6) is -0.520. The quantitative estimate of drug-likeness (QED) is 0.0322. The van der Waals surface area contributed by atoms with E-state index in [-0.39, 0.29) is 24.9 Å². The van der Waals surface area contributed by atoms with E-state index in [1.54, 1.807) is 0 Å². The van der Waals surface area contributed by atoms with E-state index in [4.69, 9.17) is 4.74 Å². The summed E-state index contributed by atoms with van der Waals surface area (Å²) in [6.07, 6.45) is 58.5. The number of hydrogen-bond donors (Lipinski definition) is 3. The van der Waals surface area contributed by atoms with Gasteiger partial charge in [-0.05, 0) is 44.9 Å². The van der Waals surface area contributed by atoms with Crippen molar-refractivity contribution in [2.75, 3.05) is 6.61 Å². The Morgan fingerprint density at radius 3 is 1.35 bits per heavy atom. The zero-order chi connectivity index (χ0) is 43.8. The van der Waals surface area contributed by atoms with Crippen molar-refractivity contribution in [2.45, 2.75) is 264 Å². The van der Waals surface area contributed by atoms with Gasteiger partial charge in [-0.2, -0.15) is 0 Å². The zero-order valence-corrected chi connectivity index (χ0v) is 39.6. The van der Waals surface area contributed by atoms with E-state index in [2.05, 4.69) is 50.4 Å². The molecule has 0 fully saturated rings. The largest absolute Gasteiger partial charge is 0.462 e. The fourth-order valence-electron chi connectivity index (χ4n) is 7.63. The van der Waals surface area contributed by atoms with Gasteiger partial charge < -0.3 is 20.3 Å². The molecule has 0 aliphatic rings. The molecule has 0 spiro atoms. The van der Waals surface area contributed by atoms with Gasteiger partial charge in [0.25, 0.3) is 0 Å². The van der Waals surface area contributed by atoms with Gasteiger partial charge in [0, 0.05) is 6.42 Å². The summed E-state index contributed by atoms with van der Waals surface area (Å²) < 4.78 is 5.90. The van der Waals surface area contributed by atoms with Crippen molar-refractivity contribution < 1.29 is 24.5 Å². The first-order valence-electron chi connectivity index (χ1n) is 25.6. The summed E-state index contributed by atoms with van der Waals surface area (Å²) in [6.45, 7) is 6.33. The molecule has 0 aromatic heterocycles. The molecule has 0 aromatic carbocycles. The van der Waals surface area contributed by atoms with Crippen molar-refractivity contribution in [3.05, 3.63) is 60.8 Å². The van der Waals surface area contributed by atoms with E-state index in [9.17, 15) is 19.8 Å². The number of aliphatic hydroxyl groups is 2. The van der Waals surface area contributed by atoms with Crippen LogP contribution in [0.3, 0.4) is 0 Å². The first kappa shape index (κ1) is 57.6. The van der Waals surface area contributed by atoms with E-state index in [0.29, 0.717) is 19.3 Å². The van der Waals surface area contributed by atoms with Crippen LogP contribution in [-0.4, -0.2) is 46.9 Å². The number of allylic oxidation sites excluding steroid dienone is 10. The fraction of sp³-hybridized carbons (Fsp3) is 0.778. The molecule has 0 radical (unpaired) electrons. The molecule has 60 heavy (non-hydrogen) atoms. The van der Waals surface area contributed by atoms with Gasteiger partial charge in [-0.15, -0.1) is 0 Å². The third kappa shape index (κ3) is 42.3. The third-order valence-electron chi connectivity index (χ3n) is 11.5. The van der Waals surface area contributed by atoms with Crippen LogP contribution in [0.1, 0.15) is 245 Å². The molecule has 3 unspecified atom stereocenters. The van der Waals surface area contributed by atoms with Crippen molar-refractivity contribution in [2.24, 2.45) is 0 Å². The molecule has 0 aliphatic heterocycles. The smallest absolute Gasteiger partial charge is 0.306 e. The van der Waals surface area contributed by atoms with Crippen molar-refractivity contribution >= 4 is 11.9 Å². The summed E-state index contributed by atoms with van der Waals surface area (Å²) in [5.41, 5.74) is 0. The maximum atomic E-state index is 13.2. The van der Waals surface area contributed by atoms with Gasteiger partial charge in [0.05, 0.1) is 25.2 Å². The Kier molecular flexibility index (Phi) is 45.7. The highest BCUT2D eigenvalue weighted by Gasteiger charge is 2.24. The predicted molar refractivity (Wildman–Crippen MR) is 259 cm³/mol. The van der Waals surface area contributed by atoms with E-state index in [0.717, 1.165) is 70.6 Å². The molecule has 0 bridgehead atoms. The van der Waals surface area contributed by atoms with E-state index >= 15 is 0 Å². The van der Waals surface area contributed by atoms with Crippen LogP contribution in [0, 0.1) is 0 Å². The van der Waals surface area contributed by atoms with Crippen LogP contribution in [0.15, 0.2) is 60.8 Å². The van der Waals surface area contributed by atoms with E-state index in [1.807, 2.05) is 36.5 Å². The fourth-order valence-corrected chi connectivity index (χ4v) is 7.63. The second-order valence-electron chi connectivity index (χ2n) is 17.3. The molecular formula is C54H97NO5. The number of amides is 1. The first-order valence-corrected chi connectivity index (χ1v) is 25.6. The minimum absolute atomic E-state index is 0.0606. The minimum Gasteiger partial charge on any atom is -0.462 e. The van der Waals surface area contributed by atoms with E-state index < -0.39 is 18.2 Å². The van der Waals surface area contributed by atoms with Gasteiger partial charge in [-0.1, -0.05) is 248 Å². The Balaban J connectivity index is 4.54. The third-order valence-corrected chi connectivity index (χ3v) is 11.5. The lowest BCUT2D eigenvalue weighted by molar-refractivity contribution is -0.151. The van der Waals surface area contributed by atoms with Gasteiger partial charge in [0.15, 0.2) is 0 Å². The number of carbonyl (C=O) groups is 2. The van der Waals surface area contributed by atoms with Crippen LogP contribution in [-0.2, 0) is 14.3 Å². The second kappa shape index (κ2) is 47.6. The van der Waals surface area contributed by atoms with Gasteiger partial charge in [-0.3, -0.25) is 9.59 Å². The summed E-state index contributed by atoms with van der Waals surface area (Å²) >= 11 is 0. The topological polar surface area (TPSA) is 95.9 Å². The first-order chi connectivity index (χ1) is 29.5. The summed E-state index contributed by atoms with van der Waals surface area (Å²) in [6, 6.07) is -0.710. The van der Waals surface area contributed by atoms with Crippen molar-refractivity contribution in [1.29, 1.82) is 0 Å². The molecule has 0 rings (SSSR count). The number of ether oxygens (including phenoxy) is 1. The highest BCUT2D eigenvalue weighted by Crippen LogP contribution is 2.18. The Hall–Kier alpha value is -2.44. The van der Waals surface area contributed by atoms with Crippen LogP contribution in [0.5, 0.6) is 0 Å². The molecule has 0 heterocycles. The van der Waals surface area contributed by atoms with E-state index in [1.165, 1.54) is 128 Å². The predicted octanol–water partition coefficient (Wildman–Crippen LogP) is 15.2. The van der Waals surface area contributed by atoms with Crippen LogP contribution in [0.25, 0.3) is 0 Å². The van der Waals surface area contributed by atoms with Gasteiger partial charge in [0.2, 0.25) is 5.91 Å². The molecule has 6 nitrogen and oxygen atoms in total. The molecule has 348 valence electrons. The molecule has 0 aliphatic carbocycles. The Bertz CT molecular complexity index is 1080. The van der Waals surface area contributed by atoms with Crippen molar-refractivity contribution in [3.8, 4) is 0 Å². The Labute approximate surface area is 371 Å². The summed E-state index contributed by atoms with van der Waals surface area (Å²) in [4.78, 5) is 26.1. The SMILES string of the molecule is CC/C=C/C=C/C=C\C=C/C=C/CCCCCC(=O)OC(CCCCCCCCCCCC)CC(=O)NC(CO)C(O)CCCCCCCCCCCCCCCCCC. The monoisotopic (exact) mass is 840 g/mol. The highest BCUT2D eigenvalue weighted by atomic mass is 16.5. The average molecular weight is 840 g/mol. The maximum absolute atomic E-state index is 13.2. The highest BCUT2D eigenvalue weighted by molar-refractivity contribution is 5.77. The number of carbonyl (C=O) groups excluding carboxylic acids is 2. The van der Waals surface area contributed by atoms with Crippen LogP contribution < -0.4 is 5.32 Å². The van der Waals surface area contributed by atoms with Crippen molar-refractivity contribution in [1.82, 2.24) is 5.32 Å². The molecule has 0 saturated heterocycles. The number of nitrogens with one attached hydrogen (secondary N) is 1.